The van der Waals surface area contributed by atoms with Gasteiger partial charge in [-0.1, -0.05) is 48.5 Å². The predicted octanol–water partition coefficient (Wildman–Crippen LogP) is 3.84. The van der Waals surface area contributed by atoms with Crippen molar-refractivity contribution in [1.29, 1.82) is 0 Å². The summed E-state index contributed by atoms with van der Waals surface area (Å²) in [6, 6.07) is 19.4. The zero-order valence-electron chi connectivity index (χ0n) is 13.1. The van der Waals surface area contributed by atoms with Gasteiger partial charge in [-0.15, -0.1) is 0 Å². The van der Waals surface area contributed by atoms with Crippen LogP contribution in [0.25, 0.3) is 0 Å². The van der Waals surface area contributed by atoms with E-state index in [1.165, 1.54) is 12.4 Å². The van der Waals surface area contributed by atoms with Crippen LogP contribution in [0.3, 0.4) is 0 Å². The van der Waals surface area contributed by atoms with Crippen LogP contribution in [0.1, 0.15) is 12.0 Å². The van der Waals surface area contributed by atoms with E-state index in [2.05, 4.69) is 15.3 Å². The molecule has 0 atom stereocenters. The van der Waals surface area contributed by atoms with Crippen LogP contribution in [0.4, 0.5) is 5.69 Å². The van der Waals surface area contributed by atoms with Gasteiger partial charge in [-0.05, 0) is 24.1 Å². The van der Waals surface area contributed by atoms with Gasteiger partial charge < -0.3 is 10.1 Å². The van der Waals surface area contributed by atoms with Crippen molar-refractivity contribution in [2.45, 2.75) is 12.8 Å². The largest absolute Gasteiger partial charge is 0.424 e. The molecule has 1 aromatic heterocycles. The van der Waals surface area contributed by atoms with E-state index in [1.807, 2.05) is 60.7 Å². The van der Waals surface area contributed by atoms with Crippen LogP contribution >= 0.6 is 0 Å². The molecule has 0 saturated heterocycles. The number of benzene rings is 2. The third-order valence-corrected chi connectivity index (χ3v) is 3.35. The van der Waals surface area contributed by atoms with Gasteiger partial charge in [-0.3, -0.25) is 4.79 Å². The lowest BCUT2D eigenvalue weighted by molar-refractivity contribution is -0.116. The first-order valence-electron chi connectivity index (χ1n) is 7.68. The maximum absolute atomic E-state index is 12.0. The molecule has 120 valence electrons. The van der Waals surface area contributed by atoms with Crippen LogP contribution in [-0.4, -0.2) is 15.9 Å². The maximum Gasteiger partial charge on any atom is 0.322 e. The number of anilines is 1. The molecular formula is C19H17N3O2. The lowest BCUT2D eigenvalue weighted by Crippen LogP contribution is -2.12. The highest BCUT2D eigenvalue weighted by atomic mass is 16.5. The van der Waals surface area contributed by atoms with E-state index in [0.29, 0.717) is 24.3 Å². The van der Waals surface area contributed by atoms with Crippen molar-refractivity contribution >= 4 is 11.6 Å². The van der Waals surface area contributed by atoms with Gasteiger partial charge in [-0.2, -0.15) is 0 Å². The Kier molecular flexibility index (Phi) is 5.14. The second kappa shape index (κ2) is 7.87. The Labute approximate surface area is 140 Å². The van der Waals surface area contributed by atoms with Crippen LogP contribution in [0.5, 0.6) is 11.8 Å². The first-order chi connectivity index (χ1) is 11.8. The first kappa shape index (κ1) is 15.7. The molecule has 0 radical (unpaired) electrons. The topological polar surface area (TPSA) is 64.1 Å². The van der Waals surface area contributed by atoms with Gasteiger partial charge in [0, 0.05) is 6.42 Å². The van der Waals surface area contributed by atoms with E-state index >= 15 is 0 Å². The summed E-state index contributed by atoms with van der Waals surface area (Å²) in [5, 5.41) is 2.78. The quantitative estimate of drug-likeness (QED) is 0.750. The molecule has 5 nitrogen and oxygen atoms in total. The number of ether oxygens (including phenoxy) is 1. The van der Waals surface area contributed by atoms with E-state index < -0.39 is 0 Å². The molecule has 5 heteroatoms. The fraction of sp³-hybridized carbons (Fsp3) is 0.105. The van der Waals surface area contributed by atoms with Crippen LogP contribution in [0.15, 0.2) is 73.1 Å². The number of aromatic nitrogens is 2. The maximum atomic E-state index is 12.0. The molecule has 24 heavy (non-hydrogen) atoms. The molecule has 2 aromatic carbocycles. The molecule has 0 spiro atoms. The molecule has 1 heterocycles. The van der Waals surface area contributed by atoms with Gasteiger partial charge in [-0.25, -0.2) is 9.97 Å². The van der Waals surface area contributed by atoms with Crippen LogP contribution in [0, 0.1) is 0 Å². The lowest BCUT2D eigenvalue weighted by Gasteiger charge is -2.06. The summed E-state index contributed by atoms with van der Waals surface area (Å²) in [6.07, 6.45) is 4.17. The monoisotopic (exact) mass is 319 g/mol. The highest BCUT2D eigenvalue weighted by Crippen LogP contribution is 2.17. The van der Waals surface area contributed by atoms with Crippen molar-refractivity contribution in [2.24, 2.45) is 0 Å². The highest BCUT2D eigenvalue weighted by molar-refractivity contribution is 5.90. The smallest absolute Gasteiger partial charge is 0.322 e. The lowest BCUT2D eigenvalue weighted by atomic mass is 10.1. The van der Waals surface area contributed by atoms with E-state index in [-0.39, 0.29) is 11.9 Å². The summed E-state index contributed by atoms with van der Waals surface area (Å²) >= 11 is 0. The summed E-state index contributed by atoms with van der Waals surface area (Å²) in [5.74, 6) is 0.594. The Morgan fingerprint density at radius 1 is 0.917 bits per heavy atom. The molecule has 0 saturated carbocycles. The van der Waals surface area contributed by atoms with Gasteiger partial charge in [0.15, 0.2) is 0 Å². The number of carbonyl (C=O) groups excluding carboxylic acids is 1. The Bertz CT molecular complexity index is 775. The van der Waals surface area contributed by atoms with Gasteiger partial charge >= 0.3 is 6.01 Å². The molecule has 1 N–H and O–H groups in total. The van der Waals surface area contributed by atoms with Gasteiger partial charge in [0.25, 0.3) is 0 Å². The van der Waals surface area contributed by atoms with Crippen LogP contribution in [-0.2, 0) is 11.2 Å². The van der Waals surface area contributed by atoms with Gasteiger partial charge in [0.1, 0.15) is 5.75 Å². The minimum absolute atomic E-state index is 0.0702. The number of nitrogens with zero attached hydrogens (tertiary/aromatic N) is 2. The van der Waals surface area contributed by atoms with Crippen molar-refractivity contribution in [3.05, 3.63) is 78.6 Å². The molecule has 0 bridgehead atoms. The summed E-state index contributed by atoms with van der Waals surface area (Å²) in [7, 11) is 0. The van der Waals surface area contributed by atoms with E-state index in [9.17, 15) is 4.79 Å². The summed E-state index contributed by atoms with van der Waals surface area (Å²) in [6.45, 7) is 0. The second-order valence-electron chi connectivity index (χ2n) is 5.20. The van der Waals surface area contributed by atoms with Crippen molar-refractivity contribution in [2.75, 3.05) is 5.32 Å². The molecular weight excluding hydrogens is 302 g/mol. The molecule has 0 unspecified atom stereocenters. The predicted molar refractivity (Wildman–Crippen MR) is 91.9 cm³/mol. The van der Waals surface area contributed by atoms with Crippen LogP contribution in [0.2, 0.25) is 0 Å². The number of aryl methyl sites for hydroxylation is 1. The van der Waals surface area contributed by atoms with Crippen molar-refractivity contribution in [3.63, 3.8) is 0 Å². The minimum Gasteiger partial charge on any atom is -0.424 e. The Balaban J connectivity index is 1.51. The molecule has 1 amide bonds. The van der Waals surface area contributed by atoms with E-state index in [0.717, 1.165) is 5.56 Å². The molecule has 0 aliphatic rings. The SMILES string of the molecule is O=C(CCc1ccccc1)Nc1cnc(Oc2ccccc2)nc1. The average molecular weight is 319 g/mol. The second-order valence-corrected chi connectivity index (χ2v) is 5.20. The number of hydrogen-bond acceptors (Lipinski definition) is 4. The zero-order valence-corrected chi connectivity index (χ0v) is 13.1. The van der Waals surface area contributed by atoms with Gasteiger partial charge in [0.05, 0.1) is 18.1 Å². The average Bonchev–Trinajstić information content (AvgIpc) is 2.63. The summed E-state index contributed by atoms with van der Waals surface area (Å²) < 4.78 is 5.51. The first-order valence-corrected chi connectivity index (χ1v) is 7.68. The number of nitrogens with one attached hydrogen (secondary N) is 1. The number of para-hydroxylation sites is 1. The number of amides is 1. The highest BCUT2D eigenvalue weighted by Gasteiger charge is 2.05. The molecule has 3 rings (SSSR count). The van der Waals surface area contributed by atoms with Gasteiger partial charge in [0.2, 0.25) is 5.91 Å². The van der Waals surface area contributed by atoms with E-state index in [1.54, 1.807) is 0 Å². The molecule has 0 fully saturated rings. The Morgan fingerprint density at radius 3 is 2.21 bits per heavy atom. The summed E-state index contributed by atoms with van der Waals surface area (Å²) in [5.41, 5.74) is 1.68. The fourth-order valence-corrected chi connectivity index (χ4v) is 2.15. The summed E-state index contributed by atoms with van der Waals surface area (Å²) in [4.78, 5) is 20.2. The van der Waals surface area contributed by atoms with Crippen molar-refractivity contribution < 1.29 is 9.53 Å². The Hall–Kier alpha value is -3.21. The fourth-order valence-electron chi connectivity index (χ4n) is 2.15. The third kappa shape index (κ3) is 4.64. The number of carbonyl (C=O) groups is 1. The number of hydrogen-bond donors (Lipinski definition) is 1. The molecule has 0 aliphatic carbocycles. The van der Waals surface area contributed by atoms with E-state index in [4.69, 9.17) is 4.74 Å². The Morgan fingerprint density at radius 2 is 1.54 bits per heavy atom. The number of rotatable bonds is 6. The molecule has 0 aliphatic heterocycles. The van der Waals surface area contributed by atoms with Crippen molar-refractivity contribution in [3.8, 4) is 11.8 Å². The van der Waals surface area contributed by atoms with Crippen molar-refractivity contribution in [1.82, 2.24) is 9.97 Å². The standard InChI is InChI=1S/C19H17N3O2/c23-18(12-11-15-7-3-1-4-8-15)22-16-13-20-19(21-14-16)24-17-9-5-2-6-10-17/h1-10,13-14H,11-12H2,(H,22,23). The zero-order chi connectivity index (χ0) is 16.6. The third-order valence-electron chi connectivity index (χ3n) is 3.35. The normalized spacial score (nSPS) is 10.2. The minimum atomic E-state index is -0.0702. The van der Waals surface area contributed by atoms with Crippen LogP contribution < -0.4 is 10.1 Å². The molecule has 3 aromatic rings.